The average molecular weight is 528 g/mol. The number of anilines is 2. The van der Waals surface area contributed by atoms with Crippen molar-refractivity contribution in [1.29, 1.82) is 0 Å². The lowest BCUT2D eigenvalue weighted by Gasteiger charge is -2.25. The summed E-state index contributed by atoms with van der Waals surface area (Å²) in [6, 6.07) is 10.8. The minimum absolute atomic E-state index is 0.190. The Hall–Kier alpha value is -3.08. The van der Waals surface area contributed by atoms with Gasteiger partial charge in [0.25, 0.3) is 0 Å². The molecule has 1 aromatic heterocycles. The smallest absolute Gasteiger partial charge is 0.163 e. The van der Waals surface area contributed by atoms with Crippen molar-refractivity contribution in [1.82, 2.24) is 4.98 Å². The number of nitrogens with one attached hydrogen (secondary N) is 1. The number of allylic oxidation sites excluding steroid dienone is 3. The summed E-state index contributed by atoms with van der Waals surface area (Å²) < 4.78 is 6.54. The fraction of sp³-hybridized carbons (Fsp3) is 0.529. The van der Waals surface area contributed by atoms with Crippen LogP contribution in [0.5, 0.6) is 0 Å². The van der Waals surface area contributed by atoms with E-state index in [1.54, 1.807) is 0 Å². The maximum atomic E-state index is 13.2. The number of rotatable bonds is 3. The van der Waals surface area contributed by atoms with Crippen molar-refractivity contribution in [3.05, 3.63) is 70.5 Å². The van der Waals surface area contributed by atoms with Gasteiger partial charge in [-0.25, -0.2) is 0 Å². The zero-order valence-corrected chi connectivity index (χ0v) is 24.5. The minimum atomic E-state index is 0.190. The Labute approximate surface area is 234 Å². The molecule has 0 spiro atoms. The lowest BCUT2D eigenvalue weighted by molar-refractivity contribution is 0.0980. The molecular formula is C34H45N3O2. The van der Waals surface area contributed by atoms with Crippen molar-refractivity contribution in [2.45, 2.75) is 91.9 Å². The summed E-state index contributed by atoms with van der Waals surface area (Å²) in [5, 5.41) is 3.69. The highest BCUT2D eigenvalue weighted by Gasteiger charge is 2.32. The predicted octanol–water partition coefficient (Wildman–Crippen LogP) is 8.62. The van der Waals surface area contributed by atoms with Gasteiger partial charge in [-0.05, 0) is 99.1 Å². The molecule has 1 saturated carbocycles. The molecule has 2 aromatic rings. The van der Waals surface area contributed by atoms with Crippen LogP contribution in [0.1, 0.15) is 112 Å². The van der Waals surface area contributed by atoms with Gasteiger partial charge < -0.3 is 15.0 Å². The average Bonchev–Trinajstić information content (AvgIpc) is 3.51. The van der Waals surface area contributed by atoms with Crippen molar-refractivity contribution >= 4 is 22.7 Å². The molecule has 208 valence electrons. The van der Waals surface area contributed by atoms with Gasteiger partial charge in [0.1, 0.15) is 11.6 Å². The molecule has 1 N–H and O–H groups in total. The number of pyridine rings is 1. The monoisotopic (exact) mass is 527 g/mol. The highest BCUT2D eigenvalue weighted by molar-refractivity contribution is 5.96. The highest BCUT2D eigenvalue weighted by atomic mass is 16.5. The van der Waals surface area contributed by atoms with E-state index in [1.165, 1.54) is 42.0 Å². The van der Waals surface area contributed by atoms with Gasteiger partial charge in [0.05, 0.1) is 23.7 Å². The first-order valence-electron chi connectivity index (χ1n) is 15.1. The number of hydrogen-bond donors (Lipinski definition) is 1. The van der Waals surface area contributed by atoms with Crippen LogP contribution in [-0.4, -0.2) is 23.9 Å². The van der Waals surface area contributed by atoms with E-state index in [1.807, 2.05) is 19.1 Å². The van der Waals surface area contributed by atoms with Crippen molar-refractivity contribution in [3.63, 3.8) is 0 Å². The molecule has 0 saturated heterocycles. The van der Waals surface area contributed by atoms with Crippen LogP contribution in [0.4, 0.5) is 11.4 Å². The summed E-state index contributed by atoms with van der Waals surface area (Å²) in [4.78, 5) is 20.6. The predicted molar refractivity (Wildman–Crippen MR) is 161 cm³/mol. The summed E-state index contributed by atoms with van der Waals surface area (Å²) in [6.07, 6.45) is 9.85. The first kappa shape index (κ1) is 27.5. The van der Waals surface area contributed by atoms with Gasteiger partial charge in [-0.1, -0.05) is 33.8 Å². The molecular weight excluding hydrogens is 482 g/mol. The lowest BCUT2D eigenvalue weighted by atomic mass is 9.99. The molecule has 0 radical (unpaired) electrons. The van der Waals surface area contributed by atoms with Crippen LogP contribution >= 0.6 is 0 Å². The van der Waals surface area contributed by atoms with Gasteiger partial charge in [-0.15, -0.1) is 0 Å². The van der Waals surface area contributed by atoms with E-state index in [0.717, 1.165) is 67.1 Å². The van der Waals surface area contributed by atoms with E-state index >= 15 is 0 Å². The van der Waals surface area contributed by atoms with Crippen LogP contribution in [0.2, 0.25) is 0 Å². The second-order valence-electron chi connectivity index (χ2n) is 11.9. The van der Waals surface area contributed by atoms with Gasteiger partial charge in [0.15, 0.2) is 5.78 Å². The molecule has 3 heterocycles. The van der Waals surface area contributed by atoms with E-state index in [9.17, 15) is 4.79 Å². The maximum absolute atomic E-state index is 13.2. The largest absolute Gasteiger partial charge is 0.497 e. The Kier molecular flexibility index (Phi) is 8.44. The Morgan fingerprint density at radius 1 is 1.10 bits per heavy atom. The van der Waals surface area contributed by atoms with Gasteiger partial charge in [-0.2, -0.15) is 0 Å². The number of carbonyl (C=O) groups excluding carboxylic acids is 1. The second-order valence-corrected chi connectivity index (χ2v) is 11.9. The quantitative estimate of drug-likeness (QED) is 0.433. The fourth-order valence-electron chi connectivity index (χ4n) is 6.46. The molecule has 5 nitrogen and oxygen atoms in total. The number of benzene rings is 1. The standard InChI is InChI=1S/C34H45N3O2/c1-6-28-30-18-27(16-23(5)35-30)32(38)10-8-9-11-34-36-29-15-14-26(22(3)4)19-31(29)37(34)20-24-12-13-25(17-24)21-39-33(28)7-2/h11,14-16,18-19,22,24-25,36H,6-10,12-13,17,20-21H2,1-5H3/b33-28-,34-11-. The maximum Gasteiger partial charge on any atom is 0.163 e. The SMILES string of the molecule is CC/C1=C(\CC)c2cc(cc(C)n2)C(=O)CCC/C=C2/Nc3ccc(C(C)C)cc3N2CC2CCC(CO1)C2. The van der Waals surface area contributed by atoms with E-state index in [-0.39, 0.29) is 5.78 Å². The number of fused-ring (bicyclic) bond motifs is 7. The number of Topliss-reactive ketones (excluding diaryl/α,β-unsaturated/α-hetero) is 1. The van der Waals surface area contributed by atoms with Crippen LogP contribution in [0.25, 0.3) is 5.57 Å². The summed E-state index contributed by atoms with van der Waals surface area (Å²) in [5.74, 6) is 4.09. The summed E-state index contributed by atoms with van der Waals surface area (Å²) in [7, 11) is 0. The third-order valence-electron chi connectivity index (χ3n) is 8.66. The molecule has 1 aliphatic carbocycles. The molecule has 1 fully saturated rings. The first-order valence-corrected chi connectivity index (χ1v) is 15.1. The van der Waals surface area contributed by atoms with Crippen molar-refractivity contribution in [2.24, 2.45) is 11.8 Å². The molecule has 1 aromatic carbocycles. The Morgan fingerprint density at radius 2 is 1.92 bits per heavy atom. The van der Waals surface area contributed by atoms with Crippen LogP contribution < -0.4 is 10.2 Å². The van der Waals surface area contributed by atoms with Crippen LogP contribution in [0, 0.1) is 18.8 Å². The van der Waals surface area contributed by atoms with Crippen molar-refractivity contribution < 1.29 is 9.53 Å². The number of aromatic nitrogens is 1. The third-order valence-corrected chi connectivity index (χ3v) is 8.66. The highest BCUT2D eigenvalue weighted by Crippen LogP contribution is 2.42. The topological polar surface area (TPSA) is 54.5 Å². The molecule has 5 heteroatoms. The number of carbonyl (C=O) groups is 1. The number of nitrogens with zero attached hydrogens (tertiary/aromatic N) is 2. The van der Waals surface area contributed by atoms with E-state index in [2.05, 4.69) is 62.2 Å². The second kappa shape index (κ2) is 12.0. The van der Waals surface area contributed by atoms with Gasteiger partial charge in [0, 0.05) is 36.2 Å². The van der Waals surface area contributed by atoms with Crippen molar-refractivity contribution in [2.75, 3.05) is 23.4 Å². The molecule has 0 amide bonds. The van der Waals surface area contributed by atoms with Crippen molar-refractivity contribution in [3.8, 4) is 0 Å². The number of ether oxygens (including phenoxy) is 1. The summed E-state index contributed by atoms with van der Waals surface area (Å²) in [6.45, 7) is 12.6. The molecule has 2 unspecified atom stereocenters. The lowest BCUT2D eigenvalue weighted by Crippen LogP contribution is -2.27. The zero-order valence-electron chi connectivity index (χ0n) is 24.5. The third kappa shape index (κ3) is 6.08. The number of hydrogen-bond acceptors (Lipinski definition) is 5. The van der Waals surface area contributed by atoms with E-state index < -0.39 is 0 Å². The molecule has 39 heavy (non-hydrogen) atoms. The first-order chi connectivity index (χ1) is 18.9. The van der Waals surface area contributed by atoms with Crippen LogP contribution in [0.15, 0.2) is 48.0 Å². The van der Waals surface area contributed by atoms with Crippen LogP contribution in [0.3, 0.4) is 0 Å². The van der Waals surface area contributed by atoms with E-state index in [4.69, 9.17) is 9.72 Å². The molecule has 2 aliphatic heterocycles. The summed E-state index contributed by atoms with van der Waals surface area (Å²) >= 11 is 0. The minimum Gasteiger partial charge on any atom is -0.497 e. The molecule has 4 bridgehead atoms. The molecule has 3 aliphatic rings. The van der Waals surface area contributed by atoms with Gasteiger partial charge >= 0.3 is 0 Å². The van der Waals surface area contributed by atoms with Gasteiger partial charge in [0.2, 0.25) is 0 Å². The zero-order chi connectivity index (χ0) is 27.5. The normalized spacial score (nSPS) is 25.2. The number of ketones is 1. The molecule has 2 atom stereocenters. The van der Waals surface area contributed by atoms with Gasteiger partial charge in [-0.3, -0.25) is 9.78 Å². The Morgan fingerprint density at radius 3 is 2.69 bits per heavy atom. The summed E-state index contributed by atoms with van der Waals surface area (Å²) in [5.41, 5.74) is 7.54. The molecule has 5 rings (SSSR count). The Balaban J connectivity index is 1.47. The van der Waals surface area contributed by atoms with Crippen LogP contribution in [-0.2, 0) is 4.74 Å². The fourth-order valence-corrected chi connectivity index (χ4v) is 6.46. The van der Waals surface area contributed by atoms with E-state index in [0.29, 0.717) is 24.2 Å². The Bertz CT molecular complexity index is 1280. The number of aryl methyl sites for hydroxylation is 1.